The highest BCUT2D eigenvalue weighted by Gasteiger charge is 2.28. The van der Waals surface area contributed by atoms with Crippen molar-refractivity contribution in [2.24, 2.45) is 0 Å². The third-order valence-corrected chi connectivity index (χ3v) is 3.88. The first kappa shape index (κ1) is 13.1. The molecule has 1 N–H and O–H groups in total. The maximum absolute atomic E-state index is 10.9. The fourth-order valence-corrected chi connectivity index (χ4v) is 2.67. The zero-order valence-electron chi connectivity index (χ0n) is 11.0. The molecule has 0 aliphatic rings. The van der Waals surface area contributed by atoms with Crippen molar-refractivity contribution >= 4 is 22.5 Å². The van der Waals surface area contributed by atoms with Gasteiger partial charge in [0.25, 0.3) is 0 Å². The standard InChI is InChI=1S/C17H14ClNO/c1-17(20,14-7-3-4-8-15(14)18)13-10-12-6-2-5-9-16(12)19-11-13/h2-11,20H,1H3. The highest BCUT2D eigenvalue weighted by Crippen LogP contribution is 2.34. The van der Waals surface area contributed by atoms with E-state index in [1.807, 2.05) is 48.5 Å². The van der Waals surface area contributed by atoms with E-state index in [4.69, 9.17) is 11.6 Å². The number of nitrogens with zero attached hydrogens (tertiary/aromatic N) is 1. The molecule has 1 heterocycles. The van der Waals surface area contributed by atoms with Crippen molar-refractivity contribution in [1.29, 1.82) is 0 Å². The zero-order chi connectivity index (χ0) is 14.2. The minimum Gasteiger partial charge on any atom is -0.381 e. The van der Waals surface area contributed by atoms with Gasteiger partial charge < -0.3 is 5.11 Å². The molecule has 2 aromatic carbocycles. The van der Waals surface area contributed by atoms with Crippen LogP contribution in [0.5, 0.6) is 0 Å². The lowest BCUT2D eigenvalue weighted by Gasteiger charge is -2.25. The van der Waals surface area contributed by atoms with Crippen molar-refractivity contribution in [2.45, 2.75) is 12.5 Å². The lowest BCUT2D eigenvalue weighted by molar-refractivity contribution is 0.102. The molecule has 0 saturated heterocycles. The Labute approximate surface area is 122 Å². The molecule has 1 atom stereocenters. The smallest absolute Gasteiger partial charge is 0.115 e. The predicted octanol–water partition coefficient (Wildman–Crippen LogP) is 4.14. The van der Waals surface area contributed by atoms with Crippen molar-refractivity contribution in [1.82, 2.24) is 4.98 Å². The maximum atomic E-state index is 10.9. The van der Waals surface area contributed by atoms with Gasteiger partial charge in [0, 0.05) is 27.7 Å². The number of benzene rings is 2. The normalized spacial score (nSPS) is 14.2. The lowest BCUT2D eigenvalue weighted by Crippen LogP contribution is -2.23. The Kier molecular flexibility index (Phi) is 3.20. The van der Waals surface area contributed by atoms with Crippen LogP contribution in [0.15, 0.2) is 60.8 Å². The molecule has 0 bridgehead atoms. The second kappa shape index (κ2) is 4.89. The third-order valence-electron chi connectivity index (χ3n) is 3.55. The van der Waals surface area contributed by atoms with Crippen LogP contribution in [0.1, 0.15) is 18.1 Å². The summed E-state index contributed by atoms with van der Waals surface area (Å²) in [7, 11) is 0. The number of halogens is 1. The average molecular weight is 284 g/mol. The average Bonchev–Trinajstić information content (AvgIpc) is 2.47. The Morgan fingerprint density at radius 1 is 1.05 bits per heavy atom. The van der Waals surface area contributed by atoms with E-state index in [1.165, 1.54) is 0 Å². The number of para-hydroxylation sites is 1. The summed E-state index contributed by atoms with van der Waals surface area (Å²) >= 11 is 6.20. The van der Waals surface area contributed by atoms with Crippen LogP contribution < -0.4 is 0 Å². The number of aromatic nitrogens is 1. The van der Waals surface area contributed by atoms with Crippen molar-refractivity contribution < 1.29 is 5.11 Å². The van der Waals surface area contributed by atoms with Crippen molar-refractivity contribution in [3.05, 3.63) is 76.9 Å². The first-order chi connectivity index (χ1) is 9.59. The fraction of sp³-hybridized carbons (Fsp3) is 0.118. The minimum absolute atomic E-state index is 0.547. The van der Waals surface area contributed by atoms with E-state index in [0.29, 0.717) is 10.6 Å². The number of rotatable bonds is 2. The Morgan fingerprint density at radius 2 is 1.75 bits per heavy atom. The molecule has 0 aliphatic heterocycles. The van der Waals surface area contributed by atoms with Crippen molar-refractivity contribution in [3.63, 3.8) is 0 Å². The number of hydrogen-bond acceptors (Lipinski definition) is 2. The molecule has 0 fully saturated rings. The van der Waals surface area contributed by atoms with Crippen molar-refractivity contribution in [2.75, 3.05) is 0 Å². The lowest BCUT2D eigenvalue weighted by atomic mass is 9.88. The predicted molar refractivity (Wildman–Crippen MR) is 81.9 cm³/mol. The van der Waals surface area contributed by atoms with Crippen LogP contribution in [-0.4, -0.2) is 10.1 Å². The minimum atomic E-state index is -1.17. The molecule has 0 radical (unpaired) electrons. The zero-order valence-corrected chi connectivity index (χ0v) is 11.8. The molecule has 1 unspecified atom stereocenters. The van der Waals surface area contributed by atoms with Crippen LogP contribution >= 0.6 is 11.6 Å². The number of hydrogen-bond donors (Lipinski definition) is 1. The molecule has 0 aliphatic carbocycles. The highest BCUT2D eigenvalue weighted by atomic mass is 35.5. The van der Waals surface area contributed by atoms with Gasteiger partial charge in [-0.1, -0.05) is 48.0 Å². The van der Waals surface area contributed by atoms with E-state index in [-0.39, 0.29) is 0 Å². The van der Waals surface area contributed by atoms with Gasteiger partial charge in [-0.05, 0) is 25.1 Å². The van der Waals surface area contributed by atoms with Crippen LogP contribution in [0.25, 0.3) is 10.9 Å². The molecule has 20 heavy (non-hydrogen) atoms. The van der Waals surface area contributed by atoms with Gasteiger partial charge in [0.1, 0.15) is 5.60 Å². The van der Waals surface area contributed by atoms with Gasteiger partial charge in [-0.2, -0.15) is 0 Å². The van der Waals surface area contributed by atoms with E-state index in [2.05, 4.69) is 4.98 Å². The number of aliphatic hydroxyl groups is 1. The fourth-order valence-electron chi connectivity index (χ4n) is 2.35. The van der Waals surface area contributed by atoms with Crippen molar-refractivity contribution in [3.8, 4) is 0 Å². The molecule has 1 aromatic heterocycles. The molecule has 3 heteroatoms. The van der Waals surface area contributed by atoms with E-state index in [0.717, 1.165) is 16.5 Å². The second-order valence-electron chi connectivity index (χ2n) is 4.97. The largest absolute Gasteiger partial charge is 0.381 e. The Balaban J connectivity index is 2.16. The summed E-state index contributed by atoms with van der Waals surface area (Å²) in [5.74, 6) is 0. The first-order valence-corrected chi connectivity index (χ1v) is 6.79. The summed E-state index contributed by atoms with van der Waals surface area (Å²) in [6.45, 7) is 1.74. The van der Waals surface area contributed by atoms with E-state index >= 15 is 0 Å². The Bertz CT molecular complexity index is 768. The molecular weight excluding hydrogens is 270 g/mol. The molecule has 0 spiro atoms. The summed E-state index contributed by atoms with van der Waals surface area (Å²) in [5.41, 5.74) is 1.14. The van der Waals surface area contributed by atoms with Crippen LogP contribution in [-0.2, 0) is 5.60 Å². The highest BCUT2D eigenvalue weighted by molar-refractivity contribution is 6.31. The van der Waals surface area contributed by atoms with Crippen LogP contribution in [0.2, 0.25) is 5.02 Å². The summed E-state index contributed by atoms with van der Waals surface area (Å²) in [4.78, 5) is 4.40. The Morgan fingerprint density at radius 3 is 2.55 bits per heavy atom. The third kappa shape index (κ3) is 2.17. The Hall–Kier alpha value is -1.90. The van der Waals surface area contributed by atoms with Gasteiger partial charge in [0.15, 0.2) is 0 Å². The summed E-state index contributed by atoms with van der Waals surface area (Å²) in [5, 5.41) is 12.4. The monoisotopic (exact) mass is 283 g/mol. The molecule has 2 nitrogen and oxygen atoms in total. The number of pyridine rings is 1. The van der Waals surface area contributed by atoms with Crippen LogP contribution in [0.3, 0.4) is 0 Å². The number of fused-ring (bicyclic) bond motifs is 1. The molecular formula is C17H14ClNO. The maximum Gasteiger partial charge on any atom is 0.115 e. The van der Waals surface area contributed by atoms with E-state index in [1.54, 1.807) is 19.2 Å². The molecule has 0 saturated carbocycles. The van der Waals surface area contributed by atoms with Crippen LogP contribution in [0, 0.1) is 0 Å². The summed E-state index contributed by atoms with van der Waals surface area (Å²) < 4.78 is 0. The van der Waals surface area contributed by atoms with E-state index in [9.17, 15) is 5.11 Å². The van der Waals surface area contributed by atoms with Gasteiger partial charge in [-0.25, -0.2) is 0 Å². The second-order valence-corrected chi connectivity index (χ2v) is 5.38. The summed E-state index contributed by atoms with van der Waals surface area (Å²) in [6, 6.07) is 17.1. The molecule has 100 valence electrons. The quantitative estimate of drug-likeness (QED) is 0.766. The van der Waals surface area contributed by atoms with E-state index < -0.39 is 5.60 Å². The molecule has 0 amide bonds. The molecule has 3 rings (SSSR count). The van der Waals surface area contributed by atoms with Gasteiger partial charge in [0.2, 0.25) is 0 Å². The first-order valence-electron chi connectivity index (χ1n) is 6.42. The topological polar surface area (TPSA) is 33.1 Å². The SMILES string of the molecule is CC(O)(c1cnc2ccccc2c1)c1ccccc1Cl. The van der Waals surface area contributed by atoms with Crippen LogP contribution in [0.4, 0.5) is 0 Å². The summed E-state index contributed by atoms with van der Waals surface area (Å²) in [6.07, 6.45) is 1.70. The van der Waals surface area contributed by atoms with Gasteiger partial charge in [-0.3, -0.25) is 4.98 Å². The van der Waals surface area contributed by atoms with Gasteiger partial charge >= 0.3 is 0 Å². The van der Waals surface area contributed by atoms with Gasteiger partial charge in [-0.15, -0.1) is 0 Å². The van der Waals surface area contributed by atoms with Gasteiger partial charge in [0.05, 0.1) is 5.52 Å². The molecule has 3 aromatic rings.